The summed E-state index contributed by atoms with van der Waals surface area (Å²) in [6.45, 7) is 13.1. The van der Waals surface area contributed by atoms with Crippen molar-refractivity contribution in [2.24, 2.45) is 0 Å². The molecule has 0 aliphatic carbocycles. The fraction of sp³-hybridized carbons (Fsp3) is 0.538. The summed E-state index contributed by atoms with van der Waals surface area (Å²) >= 11 is 0. The van der Waals surface area contributed by atoms with Crippen LogP contribution in [0.4, 0.5) is 0 Å². The molecule has 0 bridgehead atoms. The van der Waals surface area contributed by atoms with Gasteiger partial charge >= 0.3 is 0 Å². The second-order valence-electron chi connectivity index (χ2n) is 6.20. The first-order valence-corrected chi connectivity index (χ1v) is 12.9. The molecule has 1 rings (SSSR count). The summed E-state index contributed by atoms with van der Waals surface area (Å²) in [7, 11) is -3.21. The molecule has 0 fully saturated rings. The summed E-state index contributed by atoms with van der Waals surface area (Å²) in [5.41, 5.74) is 1.12. The number of hydrogen-bond acceptors (Lipinski definition) is 2. The fourth-order valence-corrected chi connectivity index (χ4v) is 3.16. The van der Waals surface area contributed by atoms with Crippen LogP contribution in [-0.4, -0.2) is 16.6 Å². The monoisotopic (exact) mass is 268 g/mol. The van der Waals surface area contributed by atoms with Gasteiger partial charge in [0.15, 0.2) is 22.9 Å². The van der Waals surface area contributed by atoms with Gasteiger partial charge in [0.25, 0.3) is 0 Å². The molecule has 0 saturated heterocycles. The molecule has 0 N–H and O–H groups in total. The third-order valence-electron chi connectivity index (χ3n) is 1.99. The maximum absolute atomic E-state index is 6.15. The van der Waals surface area contributed by atoms with Crippen LogP contribution in [0.1, 0.15) is 11.9 Å². The van der Waals surface area contributed by atoms with Crippen molar-refractivity contribution in [3.63, 3.8) is 0 Å². The van der Waals surface area contributed by atoms with Crippen LogP contribution >= 0.6 is 0 Å². The summed E-state index contributed by atoms with van der Waals surface area (Å²) in [4.78, 5) is 0. The number of benzene rings is 1. The van der Waals surface area contributed by atoms with E-state index < -0.39 is 16.6 Å². The summed E-state index contributed by atoms with van der Waals surface area (Å²) in [5.74, 6) is 0. The van der Waals surface area contributed by atoms with Crippen molar-refractivity contribution in [3.05, 3.63) is 35.9 Å². The molecule has 17 heavy (non-hydrogen) atoms. The molecule has 2 nitrogen and oxygen atoms in total. The molecule has 0 saturated carbocycles. The first-order valence-electron chi connectivity index (χ1n) is 6.08. The highest BCUT2D eigenvalue weighted by molar-refractivity contribution is 6.70. The molecule has 0 aliphatic rings. The number of rotatable bonds is 5. The zero-order chi connectivity index (χ0) is 13.1. The molecule has 0 atom stereocenters. The maximum Gasteiger partial charge on any atom is 0.187 e. The minimum Gasteiger partial charge on any atom is -0.390 e. The highest BCUT2D eigenvalue weighted by atomic mass is 28.4. The average Bonchev–Trinajstić information content (AvgIpc) is 2.14. The Bertz CT molecular complexity index is 323. The smallest absolute Gasteiger partial charge is 0.187 e. The van der Waals surface area contributed by atoms with Crippen molar-refractivity contribution in [3.8, 4) is 0 Å². The van der Waals surface area contributed by atoms with Crippen LogP contribution in [0.25, 0.3) is 0 Å². The Kier molecular flexibility index (Phi) is 4.72. The lowest BCUT2D eigenvalue weighted by Gasteiger charge is -2.31. The molecular formula is C13H24O2Si2. The van der Waals surface area contributed by atoms with Crippen molar-refractivity contribution in [2.75, 3.05) is 0 Å². The minimum atomic E-state index is -1.61. The standard InChI is InChI=1S/C13H24O2Si2/c1-16(2,3)14-13(15-17(4,5)6)12-10-8-7-9-11-12/h7-11,13H,1-6H3. The molecule has 0 unspecified atom stereocenters. The van der Waals surface area contributed by atoms with Crippen molar-refractivity contribution >= 4 is 16.6 Å². The van der Waals surface area contributed by atoms with Crippen LogP contribution in [0.3, 0.4) is 0 Å². The zero-order valence-corrected chi connectivity index (χ0v) is 13.8. The Morgan fingerprint density at radius 2 is 1.18 bits per heavy atom. The van der Waals surface area contributed by atoms with Crippen molar-refractivity contribution in [1.82, 2.24) is 0 Å². The molecule has 1 aromatic rings. The van der Waals surface area contributed by atoms with Crippen LogP contribution in [-0.2, 0) is 8.85 Å². The quantitative estimate of drug-likeness (QED) is 0.582. The van der Waals surface area contributed by atoms with Crippen LogP contribution in [0.2, 0.25) is 39.3 Å². The van der Waals surface area contributed by atoms with Gasteiger partial charge in [0.05, 0.1) is 0 Å². The Hall–Kier alpha value is -0.426. The normalized spacial score (nSPS) is 13.1. The Labute approximate surface area is 107 Å². The van der Waals surface area contributed by atoms with Gasteiger partial charge in [-0.2, -0.15) is 0 Å². The van der Waals surface area contributed by atoms with Crippen LogP contribution < -0.4 is 0 Å². The molecule has 1 aromatic carbocycles. The third-order valence-corrected chi connectivity index (χ3v) is 3.84. The minimum absolute atomic E-state index is 0.200. The second-order valence-corrected chi connectivity index (χ2v) is 15.1. The Morgan fingerprint density at radius 1 is 0.765 bits per heavy atom. The topological polar surface area (TPSA) is 18.5 Å². The fourth-order valence-electron chi connectivity index (χ4n) is 1.41. The van der Waals surface area contributed by atoms with Gasteiger partial charge in [-0.3, -0.25) is 0 Å². The molecular weight excluding hydrogens is 244 g/mol. The molecule has 0 spiro atoms. The van der Waals surface area contributed by atoms with E-state index in [0.29, 0.717) is 0 Å². The van der Waals surface area contributed by atoms with Gasteiger partial charge in [-0.25, -0.2) is 0 Å². The number of hydrogen-bond donors (Lipinski definition) is 0. The first-order chi connectivity index (χ1) is 7.67. The van der Waals surface area contributed by atoms with E-state index in [0.717, 1.165) is 5.56 Å². The lowest BCUT2D eigenvalue weighted by atomic mass is 10.2. The van der Waals surface area contributed by atoms with Gasteiger partial charge in [0.1, 0.15) is 0 Å². The van der Waals surface area contributed by atoms with Gasteiger partial charge in [-0.1, -0.05) is 30.3 Å². The van der Waals surface area contributed by atoms with Gasteiger partial charge in [0, 0.05) is 5.56 Å². The van der Waals surface area contributed by atoms with E-state index in [2.05, 4.69) is 51.4 Å². The first kappa shape index (κ1) is 14.6. The van der Waals surface area contributed by atoms with Crippen molar-refractivity contribution in [2.45, 2.75) is 45.6 Å². The maximum atomic E-state index is 6.15. The van der Waals surface area contributed by atoms with Crippen LogP contribution in [0.15, 0.2) is 30.3 Å². The summed E-state index contributed by atoms with van der Waals surface area (Å²) in [6, 6.07) is 10.2. The van der Waals surface area contributed by atoms with Crippen molar-refractivity contribution in [1.29, 1.82) is 0 Å². The average molecular weight is 269 g/mol. The van der Waals surface area contributed by atoms with E-state index in [-0.39, 0.29) is 6.29 Å². The molecule has 0 aliphatic heterocycles. The van der Waals surface area contributed by atoms with E-state index in [1.165, 1.54) is 0 Å². The van der Waals surface area contributed by atoms with Crippen molar-refractivity contribution < 1.29 is 8.85 Å². The highest BCUT2D eigenvalue weighted by Crippen LogP contribution is 2.26. The summed E-state index contributed by atoms with van der Waals surface area (Å²) < 4.78 is 12.3. The van der Waals surface area contributed by atoms with Gasteiger partial charge in [0.2, 0.25) is 0 Å². The lowest BCUT2D eigenvalue weighted by molar-refractivity contribution is -0.00962. The summed E-state index contributed by atoms with van der Waals surface area (Å²) in [5, 5.41) is 0. The van der Waals surface area contributed by atoms with E-state index in [1.807, 2.05) is 18.2 Å². The predicted molar refractivity (Wildman–Crippen MR) is 78.0 cm³/mol. The molecule has 0 radical (unpaired) electrons. The van der Waals surface area contributed by atoms with E-state index in [1.54, 1.807) is 0 Å². The molecule has 0 amide bonds. The molecule has 0 aromatic heterocycles. The molecule has 96 valence electrons. The Morgan fingerprint density at radius 3 is 1.53 bits per heavy atom. The van der Waals surface area contributed by atoms with Crippen LogP contribution in [0.5, 0.6) is 0 Å². The van der Waals surface area contributed by atoms with E-state index >= 15 is 0 Å². The lowest BCUT2D eigenvalue weighted by Crippen LogP contribution is -2.35. The zero-order valence-electron chi connectivity index (χ0n) is 11.8. The largest absolute Gasteiger partial charge is 0.390 e. The SMILES string of the molecule is C[Si](C)(C)OC(O[Si](C)(C)C)c1ccccc1. The predicted octanol–water partition coefficient (Wildman–Crippen LogP) is 4.39. The van der Waals surface area contributed by atoms with Crippen LogP contribution in [0, 0.1) is 0 Å². The second kappa shape index (κ2) is 5.48. The van der Waals surface area contributed by atoms with E-state index in [9.17, 15) is 0 Å². The molecule has 0 heterocycles. The van der Waals surface area contributed by atoms with E-state index in [4.69, 9.17) is 8.85 Å². The third kappa shape index (κ3) is 6.17. The highest BCUT2D eigenvalue weighted by Gasteiger charge is 2.27. The molecule has 4 heteroatoms. The van der Waals surface area contributed by atoms with Gasteiger partial charge in [-0.15, -0.1) is 0 Å². The summed E-state index contributed by atoms with van der Waals surface area (Å²) in [6.07, 6.45) is -0.200. The van der Waals surface area contributed by atoms with Gasteiger partial charge < -0.3 is 8.85 Å². The Balaban J connectivity index is 2.87. The van der Waals surface area contributed by atoms with Gasteiger partial charge in [-0.05, 0) is 39.3 Å².